The Balaban J connectivity index is 2.31. The number of anilines is 1. The quantitative estimate of drug-likeness (QED) is 0.893. The minimum absolute atomic E-state index is 0.0489. The van der Waals surface area contributed by atoms with E-state index in [0.29, 0.717) is 12.8 Å². The van der Waals surface area contributed by atoms with Gasteiger partial charge in [0.1, 0.15) is 0 Å². The maximum atomic E-state index is 12.3. The number of carbonyl (C=O) groups is 1. The molecule has 2 rings (SSSR count). The van der Waals surface area contributed by atoms with Crippen molar-refractivity contribution in [2.45, 2.75) is 37.4 Å². The molecule has 0 amide bonds. The lowest BCUT2D eigenvalue weighted by molar-refractivity contribution is 0.0698. The highest BCUT2D eigenvalue weighted by atomic mass is 35.5. The van der Waals surface area contributed by atoms with E-state index in [1.165, 1.54) is 18.2 Å². The lowest BCUT2D eigenvalue weighted by Gasteiger charge is -2.23. The summed E-state index contributed by atoms with van der Waals surface area (Å²) in [6, 6.07) is 4.27. The second-order valence-corrected chi connectivity index (χ2v) is 7.24. The Labute approximate surface area is 123 Å². The molecule has 0 saturated heterocycles. The standard InChI is InChI=1S/C13H16ClNO4S/c14-11-8-4-7-10(13(16)17)12(11)15-20(18,19)9-5-2-1-3-6-9/h4,7-9,15H,1-3,5-6H2,(H,16,17). The Morgan fingerprint density at radius 1 is 1.25 bits per heavy atom. The van der Waals surface area contributed by atoms with Crippen LogP contribution < -0.4 is 4.72 Å². The van der Waals surface area contributed by atoms with Crippen LogP contribution in [-0.4, -0.2) is 24.7 Å². The first-order valence-corrected chi connectivity index (χ1v) is 8.37. The number of halogens is 1. The molecule has 1 aromatic carbocycles. The number of rotatable bonds is 4. The van der Waals surface area contributed by atoms with Crippen LogP contribution in [0.4, 0.5) is 5.69 Å². The van der Waals surface area contributed by atoms with Crippen LogP contribution in [0.5, 0.6) is 0 Å². The highest BCUT2D eigenvalue weighted by molar-refractivity contribution is 7.93. The summed E-state index contributed by atoms with van der Waals surface area (Å²) < 4.78 is 27.0. The van der Waals surface area contributed by atoms with E-state index in [1.807, 2.05) is 0 Å². The van der Waals surface area contributed by atoms with E-state index in [1.54, 1.807) is 0 Å². The van der Waals surface area contributed by atoms with Crippen molar-refractivity contribution in [3.05, 3.63) is 28.8 Å². The van der Waals surface area contributed by atoms with E-state index in [2.05, 4.69) is 4.72 Å². The zero-order valence-corrected chi connectivity index (χ0v) is 12.4. The normalized spacial score (nSPS) is 16.9. The molecule has 1 saturated carbocycles. The molecule has 1 aliphatic carbocycles. The van der Waals surface area contributed by atoms with Crippen LogP contribution in [0, 0.1) is 0 Å². The van der Waals surface area contributed by atoms with Gasteiger partial charge in [0.2, 0.25) is 10.0 Å². The molecule has 5 nitrogen and oxygen atoms in total. The largest absolute Gasteiger partial charge is 0.478 e. The SMILES string of the molecule is O=C(O)c1cccc(Cl)c1NS(=O)(=O)C1CCCCC1. The van der Waals surface area contributed by atoms with E-state index in [4.69, 9.17) is 16.7 Å². The fourth-order valence-corrected chi connectivity index (χ4v) is 4.31. The first-order chi connectivity index (χ1) is 9.42. The smallest absolute Gasteiger partial charge is 0.337 e. The number of hydrogen-bond acceptors (Lipinski definition) is 3. The van der Waals surface area contributed by atoms with Crippen LogP contribution in [0.3, 0.4) is 0 Å². The van der Waals surface area contributed by atoms with E-state index < -0.39 is 21.2 Å². The molecule has 0 radical (unpaired) electrons. The molecule has 0 heterocycles. The number of hydrogen-bond donors (Lipinski definition) is 2. The second-order valence-electron chi connectivity index (χ2n) is 4.87. The van der Waals surface area contributed by atoms with Crippen molar-refractivity contribution in [2.75, 3.05) is 4.72 Å². The molecule has 0 unspecified atom stereocenters. The zero-order chi connectivity index (χ0) is 14.8. The van der Waals surface area contributed by atoms with Gasteiger partial charge < -0.3 is 5.11 Å². The third-order valence-corrected chi connectivity index (χ3v) is 5.63. The lowest BCUT2D eigenvalue weighted by Crippen LogP contribution is -2.30. The van der Waals surface area contributed by atoms with Gasteiger partial charge in [-0.15, -0.1) is 0 Å². The molecule has 2 N–H and O–H groups in total. The average Bonchev–Trinajstić information content (AvgIpc) is 2.41. The topological polar surface area (TPSA) is 83.5 Å². The highest BCUT2D eigenvalue weighted by Crippen LogP contribution is 2.30. The Morgan fingerprint density at radius 2 is 1.90 bits per heavy atom. The van der Waals surface area contributed by atoms with Gasteiger partial charge in [0, 0.05) is 0 Å². The van der Waals surface area contributed by atoms with Crippen LogP contribution in [0.1, 0.15) is 42.5 Å². The van der Waals surface area contributed by atoms with Crippen LogP contribution in [-0.2, 0) is 10.0 Å². The van der Waals surface area contributed by atoms with Gasteiger partial charge >= 0.3 is 5.97 Å². The van der Waals surface area contributed by atoms with Crippen molar-refractivity contribution in [2.24, 2.45) is 0 Å². The molecule has 0 atom stereocenters. The number of aromatic carboxylic acids is 1. The van der Waals surface area contributed by atoms with Crippen molar-refractivity contribution in [3.8, 4) is 0 Å². The fourth-order valence-electron chi connectivity index (χ4n) is 2.41. The summed E-state index contributed by atoms with van der Waals surface area (Å²) >= 11 is 5.93. The van der Waals surface area contributed by atoms with Gasteiger partial charge in [-0.1, -0.05) is 36.9 Å². The van der Waals surface area contributed by atoms with Gasteiger partial charge in [0.25, 0.3) is 0 Å². The maximum absolute atomic E-state index is 12.3. The molecule has 1 aliphatic rings. The molecular weight excluding hydrogens is 302 g/mol. The van der Waals surface area contributed by atoms with Gasteiger partial charge in [0.15, 0.2) is 0 Å². The predicted octanol–water partition coefficient (Wildman–Crippen LogP) is 3.11. The van der Waals surface area contributed by atoms with Gasteiger partial charge in [-0.3, -0.25) is 4.72 Å². The monoisotopic (exact) mass is 317 g/mol. The third-order valence-electron chi connectivity index (χ3n) is 3.48. The first kappa shape index (κ1) is 15.1. The number of carboxylic acids is 1. The summed E-state index contributed by atoms with van der Waals surface area (Å²) in [4.78, 5) is 11.1. The summed E-state index contributed by atoms with van der Waals surface area (Å²) in [6.07, 6.45) is 3.99. The molecule has 7 heteroatoms. The number of sulfonamides is 1. The molecule has 0 aromatic heterocycles. The van der Waals surface area contributed by atoms with Gasteiger partial charge in [-0.25, -0.2) is 13.2 Å². The van der Waals surface area contributed by atoms with Crippen LogP contribution in [0.15, 0.2) is 18.2 Å². The third kappa shape index (κ3) is 3.24. The maximum Gasteiger partial charge on any atom is 0.337 e. The molecular formula is C13H16ClNO4S. The molecule has 20 heavy (non-hydrogen) atoms. The van der Waals surface area contributed by atoms with E-state index in [9.17, 15) is 13.2 Å². The van der Waals surface area contributed by atoms with Crippen molar-refractivity contribution >= 4 is 33.3 Å². The summed E-state index contributed by atoms with van der Waals surface area (Å²) in [5.41, 5.74) is -0.191. The summed E-state index contributed by atoms with van der Waals surface area (Å²) in [5, 5.41) is 8.71. The van der Waals surface area contributed by atoms with Gasteiger partial charge in [-0.05, 0) is 25.0 Å². The number of para-hydroxylation sites is 1. The van der Waals surface area contributed by atoms with Crippen LogP contribution in [0.2, 0.25) is 5.02 Å². The Bertz CT molecular complexity index is 609. The molecule has 110 valence electrons. The molecule has 0 bridgehead atoms. The van der Waals surface area contributed by atoms with Crippen LogP contribution in [0.25, 0.3) is 0 Å². The second kappa shape index (κ2) is 6.01. The summed E-state index contributed by atoms with van der Waals surface area (Å²) in [6.45, 7) is 0. The minimum atomic E-state index is -3.61. The van der Waals surface area contributed by atoms with Crippen molar-refractivity contribution < 1.29 is 18.3 Å². The van der Waals surface area contributed by atoms with E-state index in [0.717, 1.165) is 19.3 Å². The van der Waals surface area contributed by atoms with E-state index >= 15 is 0 Å². The molecule has 1 fully saturated rings. The number of benzene rings is 1. The van der Waals surface area contributed by atoms with Crippen molar-refractivity contribution in [1.29, 1.82) is 0 Å². The Hall–Kier alpha value is -1.27. The molecule has 0 aliphatic heterocycles. The van der Waals surface area contributed by atoms with Crippen molar-refractivity contribution in [3.63, 3.8) is 0 Å². The van der Waals surface area contributed by atoms with Gasteiger partial charge in [0.05, 0.1) is 21.5 Å². The van der Waals surface area contributed by atoms with Crippen molar-refractivity contribution in [1.82, 2.24) is 0 Å². The summed E-state index contributed by atoms with van der Waals surface area (Å²) in [7, 11) is -3.61. The first-order valence-electron chi connectivity index (χ1n) is 6.45. The molecule has 0 spiro atoms. The zero-order valence-electron chi connectivity index (χ0n) is 10.8. The molecule has 1 aromatic rings. The predicted molar refractivity (Wildman–Crippen MR) is 77.8 cm³/mol. The van der Waals surface area contributed by atoms with Crippen LogP contribution >= 0.6 is 11.6 Å². The fraction of sp³-hybridized carbons (Fsp3) is 0.462. The number of nitrogens with one attached hydrogen (secondary N) is 1. The Kier molecular flexibility index (Phi) is 4.55. The summed E-state index contributed by atoms with van der Waals surface area (Å²) in [5.74, 6) is -1.21. The number of carboxylic acid groups (broad SMARTS) is 1. The van der Waals surface area contributed by atoms with E-state index in [-0.39, 0.29) is 16.3 Å². The minimum Gasteiger partial charge on any atom is -0.478 e. The highest BCUT2D eigenvalue weighted by Gasteiger charge is 2.29. The van der Waals surface area contributed by atoms with Gasteiger partial charge in [-0.2, -0.15) is 0 Å². The average molecular weight is 318 g/mol. The Morgan fingerprint density at radius 3 is 2.50 bits per heavy atom. The lowest BCUT2D eigenvalue weighted by atomic mass is 10.0.